The van der Waals surface area contributed by atoms with E-state index in [1.807, 2.05) is 30.3 Å². The number of sulfone groups is 1. The highest BCUT2D eigenvalue weighted by Crippen LogP contribution is 2.51. The Morgan fingerprint density at radius 1 is 0.949 bits per heavy atom. The second kappa shape index (κ2) is 8.92. The summed E-state index contributed by atoms with van der Waals surface area (Å²) in [6.07, 6.45) is 8.84. The van der Waals surface area contributed by atoms with Crippen LogP contribution < -0.4 is 10.6 Å². The number of carbonyl (C=O) groups excluding carboxylic acids is 1. The van der Waals surface area contributed by atoms with Crippen LogP contribution in [0.15, 0.2) is 71.9 Å². The van der Waals surface area contributed by atoms with Crippen LogP contribution in [0.2, 0.25) is 0 Å². The summed E-state index contributed by atoms with van der Waals surface area (Å²) in [5.74, 6) is 7.12. The second-order valence-electron chi connectivity index (χ2n) is 10.6. The van der Waals surface area contributed by atoms with E-state index in [1.165, 1.54) is 0 Å². The van der Waals surface area contributed by atoms with Crippen LogP contribution in [-0.2, 0) is 20.0 Å². The Kier molecular flexibility index (Phi) is 5.46. The van der Waals surface area contributed by atoms with Gasteiger partial charge < -0.3 is 10.6 Å². The van der Waals surface area contributed by atoms with Crippen molar-refractivity contribution in [2.24, 2.45) is 0 Å². The van der Waals surface area contributed by atoms with Crippen molar-refractivity contribution in [3.05, 3.63) is 83.8 Å². The number of rotatable bonds is 4. The standard InChI is InChI=1S/C31H26N4O3S/c36-30-31(14-2-15-31)26-11-5-20(17-28(26)35-30)6-12-27-25-18-29(33-19-21(25)13-16-32-27)34-22-7-9-24(10-8-22)39(37,38)23-3-1-4-23/h5,7-11,13,16-19,23H,1-4,14-15H2,(H,33,34)(H,35,36). The Morgan fingerprint density at radius 3 is 2.49 bits per heavy atom. The summed E-state index contributed by atoms with van der Waals surface area (Å²) < 4.78 is 25.4. The molecule has 8 heteroatoms. The minimum Gasteiger partial charge on any atom is -0.340 e. The molecule has 7 rings (SSSR count). The topological polar surface area (TPSA) is 101 Å². The van der Waals surface area contributed by atoms with Crippen LogP contribution in [0.4, 0.5) is 17.2 Å². The molecule has 3 heterocycles. The highest BCUT2D eigenvalue weighted by molar-refractivity contribution is 7.92. The van der Waals surface area contributed by atoms with Gasteiger partial charge in [0.25, 0.3) is 0 Å². The van der Waals surface area contributed by atoms with E-state index in [4.69, 9.17) is 0 Å². The molecule has 0 radical (unpaired) electrons. The van der Waals surface area contributed by atoms with E-state index in [0.29, 0.717) is 16.4 Å². The molecular formula is C31H26N4O3S. The van der Waals surface area contributed by atoms with Gasteiger partial charge >= 0.3 is 0 Å². The van der Waals surface area contributed by atoms with Gasteiger partial charge in [-0.1, -0.05) is 24.8 Å². The normalized spacial score (nSPS) is 17.5. The van der Waals surface area contributed by atoms with Crippen LogP contribution in [0.1, 0.15) is 55.3 Å². The molecule has 2 aromatic carbocycles. The van der Waals surface area contributed by atoms with Gasteiger partial charge in [0.15, 0.2) is 9.84 Å². The first-order valence-electron chi connectivity index (χ1n) is 13.3. The van der Waals surface area contributed by atoms with Gasteiger partial charge in [-0.2, -0.15) is 0 Å². The van der Waals surface area contributed by atoms with Crippen LogP contribution in [0.25, 0.3) is 10.8 Å². The highest BCUT2D eigenvalue weighted by atomic mass is 32.2. The summed E-state index contributed by atoms with van der Waals surface area (Å²) >= 11 is 0. The maximum Gasteiger partial charge on any atom is 0.235 e. The quantitative estimate of drug-likeness (QED) is 0.337. The number of nitrogens with zero attached hydrogens (tertiary/aromatic N) is 2. The van der Waals surface area contributed by atoms with Crippen molar-refractivity contribution in [3.8, 4) is 11.8 Å². The van der Waals surface area contributed by atoms with Crippen LogP contribution in [-0.4, -0.2) is 29.5 Å². The van der Waals surface area contributed by atoms with Gasteiger partial charge in [0.1, 0.15) is 11.5 Å². The number of hydrogen-bond donors (Lipinski definition) is 2. The summed E-state index contributed by atoms with van der Waals surface area (Å²) in [4.78, 5) is 21.9. The molecule has 2 N–H and O–H groups in total. The Bertz CT molecular complexity index is 1810. The molecule has 1 aliphatic heterocycles. The number of carbonyl (C=O) groups is 1. The predicted octanol–water partition coefficient (Wildman–Crippen LogP) is 5.47. The smallest absolute Gasteiger partial charge is 0.235 e. The van der Waals surface area contributed by atoms with Crippen molar-refractivity contribution in [1.82, 2.24) is 9.97 Å². The zero-order valence-corrected chi connectivity index (χ0v) is 22.0. The van der Waals surface area contributed by atoms with E-state index in [-0.39, 0.29) is 16.6 Å². The lowest BCUT2D eigenvalue weighted by atomic mass is 9.65. The summed E-state index contributed by atoms with van der Waals surface area (Å²) in [6, 6.07) is 16.6. The fraction of sp³-hybridized carbons (Fsp3) is 0.258. The molecule has 0 unspecified atom stereocenters. The molecule has 1 amide bonds. The van der Waals surface area contributed by atoms with E-state index in [0.717, 1.165) is 71.8 Å². The third-order valence-electron chi connectivity index (χ3n) is 8.34. The first kappa shape index (κ1) is 23.9. The molecule has 39 heavy (non-hydrogen) atoms. The average molecular weight is 535 g/mol. The molecule has 2 fully saturated rings. The fourth-order valence-electron chi connectivity index (χ4n) is 5.65. The third kappa shape index (κ3) is 3.96. The van der Waals surface area contributed by atoms with Crippen LogP contribution in [0.5, 0.6) is 0 Å². The summed E-state index contributed by atoms with van der Waals surface area (Å²) in [5.41, 5.74) is 3.80. The number of hydrogen-bond acceptors (Lipinski definition) is 6. The third-order valence-corrected chi connectivity index (χ3v) is 10.6. The van der Waals surface area contributed by atoms with Crippen molar-refractivity contribution < 1.29 is 13.2 Å². The van der Waals surface area contributed by atoms with Crippen molar-refractivity contribution in [3.63, 3.8) is 0 Å². The van der Waals surface area contributed by atoms with E-state index in [9.17, 15) is 13.2 Å². The molecule has 1 spiro atoms. The summed E-state index contributed by atoms with van der Waals surface area (Å²) in [7, 11) is -3.25. The molecule has 3 aliphatic rings. The molecule has 2 aliphatic carbocycles. The molecule has 0 saturated heterocycles. The predicted molar refractivity (Wildman–Crippen MR) is 151 cm³/mol. The van der Waals surface area contributed by atoms with Crippen molar-refractivity contribution in [1.29, 1.82) is 0 Å². The molecule has 0 atom stereocenters. The number of nitrogens with one attached hydrogen (secondary N) is 2. The maximum atomic E-state index is 12.7. The van der Waals surface area contributed by atoms with Gasteiger partial charge in [-0.05, 0) is 85.7 Å². The number of aromatic nitrogens is 2. The van der Waals surface area contributed by atoms with Gasteiger partial charge in [-0.3, -0.25) is 4.79 Å². The highest BCUT2D eigenvalue weighted by Gasteiger charge is 2.50. The lowest BCUT2D eigenvalue weighted by molar-refractivity contribution is -0.123. The molecule has 2 aromatic heterocycles. The number of anilines is 3. The molecule has 194 valence electrons. The number of amides is 1. The van der Waals surface area contributed by atoms with E-state index < -0.39 is 9.84 Å². The van der Waals surface area contributed by atoms with Crippen LogP contribution >= 0.6 is 0 Å². The summed E-state index contributed by atoms with van der Waals surface area (Å²) in [6.45, 7) is 0. The van der Waals surface area contributed by atoms with Gasteiger partial charge in [0.05, 0.1) is 15.6 Å². The largest absolute Gasteiger partial charge is 0.340 e. The van der Waals surface area contributed by atoms with Gasteiger partial charge in [0, 0.05) is 40.1 Å². The monoisotopic (exact) mass is 534 g/mol. The molecular weight excluding hydrogens is 508 g/mol. The van der Waals surface area contributed by atoms with Gasteiger partial charge in [-0.25, -0.2) is 18.4 Å². The SMILES string of the molecule is O=C1Nc2cc(C#Cc3nccc4cnc(Nc5ccc(S(=O)(=O)C6CCC6)cc5)cc34)ccc2C12CCC2. The Balaban J connectivity index is 1.14. The average Bonchev–Trinajstić information content (AvgIpc) is 3.18. The van der Waals surface area contributed by atoms with Crippen molar-refractivity contribution >= 4 is 43.7 Å². The molecule has 4 aromatic rings. The van der Waals surface area contributed by atoms with Gasteiger partial charge in [0.2, 0.25) is 5.91 Å². The molecule has 7 nitrogen and oxygen atoms in total. The molecule has 0 bridgehead atoms. The van der Waals surface area contributed by atoms with Crippen molar-refractivity contribution in [2.45, 2.75) is 54.1 Å². The van der Waals surface area contributed by atoms with E-state index in [1.54, 1.807) is 36.7 Å². The Morgan fingerprint density at radius 2 is 1.77 bits per heavy atom. The minimum atomic E-state index is -3.25. The molecule has 2 saturated carbocycles. The van der Waals surface area contributed by atoms with Crippen LogP contribution in [0.3, 0.4) is 0 Å². The van der Waals surface area contributed by atoms with E-state index in [2.05, 4.69) is 32.4 Å². The summed E-state index contributed by atoms with van der Waals surface area (Å²) in [5, 5.41) is 7.82. The second-order valence-corrected chi connectivity index (χ2v) is 12.8. The van der Waals surface area contributed by atoms with Gasteiger partial charge in [-0.15, -0.1) is 0 Å². The zero-order chi connectivity index (χ0) is 26.6. The zero-order valence-electron chi connectivity index (χ0n) is 21.2. The maximum absolute atomic E-state index is 12.7. The van der Waals surface area contributed by atoms with Crippen molar-refractivity contribution in [2.75, 3.05) is 10.6 Å². The Labute approximate surface area is 227 Å². The fourth-order valence-corrected chi connectivity index (χ4v) is 7.50. The van der Waals surface area contributed by atoms with Crippen LogP contribution in [0, 0.1) is 11.8 Å². The minimum absolute atomic E-state index is 0.103. The number of benzene rings is 2. The number of pyridine rings is 2. The first-order chi connectivity index (χ1) is 18.9. The Hall–Kier alpha value is -4.22. The lowest BCUT2D eigenvalue weighted by Gasteiger charge is -2.36. The lowest BCUT2D eigenvalue weighted by Crippen LogP contribution is -2.40. The number of fused-ring (bicyclic) bond motifs is 3. The van der Waals surface area contributed by atoms with E-state index >= 15 is 0 Å². The first-order valence-corrected chi connectivity index (χ1v) is 14.8.